The lowest BCUT2D eigenvalue weighted by Gasteiger charge is -2.08. The molecule has 1 N–H and O–H groups in total. The maximum atomic E-state index is 13.8. The number of nitrogens with zero attached hydrogens (tertiary/aromatic N) is 1. The summed E-state index contributed by atoms with van der Waals surface area (Å²) in [5.41, 5.74) is 3.04. The van der Waals surface area contributed by atoms with Gasteiger partial charge in [-0.15, -0.1) is 0 Å². The van der Waals surface area contributed by atoms with Gasteiger partial charge < -0.3 is 14.0 Å². The van der Waals surface area contributed by atoms with Gasteiger partial charge in [-0.2, -0.15) is 0 Å². The number of halogens is 1. The van der Waals surface area contributed by atoms with Crippen LogP contribution in [0.5, 0.6) is 0 Å². The first-order valence-corrected chi connectivity index (χ1v) is 12.9. The fourth-order valence-electron chi connectivity index (χ4n) is 3.67. The highest BCUT2D eigenvalue weighted by molar-refractivity contribution is 7.99. The normalized spacial score (nSPS) is 10.7. The standard InChI is InChI=1S/C29H27FN2O5S/c1-3-35-26(33)18-20-8-12-23(13-9-20)38-24-14-10-22(11-15-24)28-27(19(2)32-37-28)31-29(34)36-17-16-21-6-4-5-7-25(21)30/h4-15H,3,16-18H2,1-2H3,(H,31,34). The van der Waals surface area contributed by atoms with Crippen LogP contribution in [-0.4, -0.2) is 30.4 Å². The second-order valence-corrected chi connectivity index (χ2v) is 9.47. The molecule has 7 nitrogen and oxygen atoms in total. The SMILES string of the molecule is CCOC(=O)Cc1ccc(Sc2ccc(-c3onc(C)c3NC(=O)OCCc3ccccc3F)cc2)cc1. The highest BCUT2D eigenvalue weighted by Crippen LogP contribution is 2.34. The van der Waals surface area contributed by atoms with Gasteiger partial charge in [-0.1, -0.05) is 47.3 Å². The van der Waals surface area contributed by atoms with Gasteiger partial charge in [0.2, 0.25) is 0 Å². The largest absolute Gasteiger partial charge is 0.466 e. The van der Waals surface area contributed by atoms with Gasteiger partial charge in [0.25, 0.3) is 0 Å². The van der Waals surface area contributed by atoms with Crippen molar-refractivity contribution in [1.82, 2.24) is 5.16 Å². The minimum absolute atomic E-state index is 0.0299. The van der Waals surface area contributed by atoms with E-state index >= 15 is 0 Å². The molecular formula is C29H27FN2O5S. The molecule has 0 unspecified atom stereocenters. The first kappa shape index (κ1) is 26.9. The maximum Gasteiger partial charge on any atom is 0.411 e. The molecule has 4 aromatic rings. The van der Waals surface area contributed by atoms with Crippen molar-refractivity contribution >= 4 is 29.5 Å². The third kappa shape index (κ3) is 7.23. The summed E-state index contributed by atoms with van der Waals surface area (Å²) >= 11 is 1.58. The quantitative estimate of drug-likeness (QED) is 0.223. The number of carbonyl (C=O) groups is 2. The molecule has 0 bridgehead atoms. The molecule has 0 spiro atoms. The molecule has 0 aliphatic rings. The minimum Gasteiger partial charge on any atom is -0.466 e. The molecule has 0 fully saturated rings. The lowest BCUT2D eigenvalue weighted by atomic mass is 10.1. The Morgan fingerprint density at radius 3 is 2.34 bits per heavy atom. The zero-order valence-corrected chi connectivity index (χ0v) is 21.8. The Bertz CT molecular complexity index is 1390. The van der Waals surface area contributed by atoms with Crippen LogP contribution in [0.3, 0.4) is 0 Å². The van der Waals surface area contributed by atoms with Gasteiger partial charge in [0, 0.05) is 21.8 Å². The molecule has 1 amide bonds. The molecule has 1 aromatic heterocycles. The van der Waals surface area contributed by atoms with Gasteiger partial charge >= 0.3 is 12.1 Å². The first-order chi connectivity index (χ1) is 18.4. The zero-order valence-electron chi connectivity index (χ0n) is 21.0. The molecule has 3 aromatic carbocycles. The average molecular weight is 535 g/mol. The van der Waals surface area contributed by atoms with E-state index in [-0.39, 0.29) is 31.2 Å². The van der Waals surface area contributed by atoms with Gasteiger partial charge in [0.05, 0.1) is 19.6 Å². The molecule has 0 radical (unpaired) electrons. The van der Waals surface area contributed by atoms with Crippen LogP contribution >= 0.6 is 11.8 Å². The number of amides is 1. The number of carbonyl (C=O) groups excluding carboxylic acids is 2. The Labute approximate surface area is 224 Å². The van der Waals surface area contributed by atoms with E-state index in [1.807, 2.05) is 48.5 Å². The maximum absolute atomic E-state index is 13.8. The minimum atomic E-state index is -0.674. The van der Waals surface area contributed by atoms with Gasteiger partial charge in [-0.05, 0) is 67.4 Å². The van der Waals surface area contributed by atoms with Crippen molar-refractivity contribution in [2.75, 3.05) is 18.5 Å². The van der Waals surface area contributed by atoms with Crippen molar-refractivity contribution in [3.05, 3.63) is 95.4 Å². The number of anilines is 1. The Morgan fingerprint density at radius 1 is 0.974 bits per heavy atom. The summed E-state index contributed by atoms with van der Waals surface area (Å²) in [6.45, 7) is 3.91. The topological polar surface area (TPSA) is 90.7 Å². The number of aromatic nitrogens is 1. The molecule has 196 valence electrons. The van der Waals surface area contributed by atoms with Gasteiger partial charge in [0.15, 0.2) is 5.76 Å². The number of nitrogens with one attached hydrogen (secondary N) is 1. The van der Waals surface area contributed by atoms with E-state index in [0.29, 0.717) is 29.3 Å². The summed E-state index contributed by atoms with van der Waals surface area (Å²) in [5.74, 6) is -0.162. The van der Waals surface area contributed by atoms with Crippen molar-refractivity contribution < 1.29 is 28.0 Å². The van der Waals surface area contributed by atoms with Crippen LogP contribution in [0.4, 0.5) is 14.9 Å². The fourth-order valence-corrected chi connectivity index (χ4v) is 4.49. The fraction of sp³-hybridized carbons (Fsp3) is 0.207. The smallest absolute Gasteiger partial charge is 0.411 e. The van der Waals surface area contributed by atoms with Gasteiger partial charge in [-0.3, -0.25) is 10.1 Å². The molecule has 0 aliphatic carbocycles. The van der Waals surface area contributed by atoms with Crippen molar-refractivity contribution in [3.63, 3.8) is 0 Å². The summed E-state index contributed by atoms with van der Waals surface area (Å²) < 4.78 is 29.4. The highest BCUT2D eigenvalue weighted by atomic mass is 32.2. The van der Waals surface area contributed by atoms with Crippen LogP contribution in [-0.2, 0) is 27.1 Å². The summed E-state index contributed by atoms with van der Waals surface area (Å²) in [6, 6.07) is 21.8. The Hall–Kier alpha value is -4.11. The van der Waals surface area contributed by atoms with E-state index in [4.69, 9.17) is 14.0 Å². The van der Waals surface area contributed by atoms with E-state index in [9.17, 15) is 14.0 Å². The molecule has 0 saturated carbocycles. The number of ether oxygens (including phenoxy) is 2. The van der Waals surface area contributed by atoms with E-state index in [1.165, 1.54) is 6.07 Å². The molecule has 0 saturated heterocycles. The first-order valence-electron chi connectivity index (χ1n) is 12.1. The predicted octanol–water partition coefficient (Wildman–Crippen LogP) is 6.84. The monoisotopic (exact) mass is 534 g/mol. The summed E-state index contributed by atoms with van der Waals surface area (Å²) in [5, 5.41) is 6.67. The van der Waals surface area contributed by atoms with E-state index in [2.05, 4.69) is 10.5 Å². The van der Waals surface area contributed by atoms with Crippen LogP contribution in [0.25, 0.3) is 11.3 Å². The summed E-state index contributed by atoms with van der Waals surface area (Å²) in [4.78, 5) is 26.1. The van der Waals surface area contributed by atoms with Crippen molar-refractivity contribution in [3.8, 4) is 11.3 Å². The van der Waals surface area contributed by atoms with E-state index in [1.54, 1.807) is 43.8 Å². The van der Waals surface area contributed by atoms with Crippen LogP contribution in [0.2, 0.25) is 0 Å². The Morgan fingerprint density at radius 2 is 1.66 bits per heavy atom. The van der Waals surface area contributed by atoms with Crippen molar-refractivity contribution in [2.45, 2.75) is 36.5 Å². The molecule has 9 heteroatoms. The molecule has 0 aliphatic heterocycles. The number of aryl methyl sites for hydroxylation is 1. The second kappa shape index (κ2) is 12.9. The predicted molar refractivity (Wildman–Crippen MR) is 143 cm³/mol. The highest BCUT2D eigenvalue weighted by Gasteiger charge is 2.18. The molecule has 1 heterocycles. The average Bonchev–Trinajstić information content (AvgIpc) is 3.26. The number of esters is 1. The second-order valence-electron chi connectivity index (χ2n) is 8.33. The van der Waals surface area contributed by atoms with Gasteiger partial charge in [0.1, 0.15) is 17.2 Å². The number of hydrogen-bond donors (Lipinski definition) is 1. The number of benzene rings is 3. The van der Waals surface area contributed by atoms with Crippen LogP contribution in [0.1, 0.15) is 23.7 Å². The van der Waals surface area contributed by atoms with Crippen molar-refractivity contribution in [2.24, 2.45) is 0 Å². The molecular weight excluding hydrogens is 507 g/mol. The molecule has 4 rings (SSSR count). The Kier molecular flexibility index (Phi) is 9.16. The van der Waals surface area contributed by atoms with Crippen molar-refractivity contribution in [1.29, 1.82) is 0 Å². The third-order valence-corrected chi connectivity index (χ3v) is 6.60. The lowest BCUT2D eigenvalue weighted by molar-refractivity contribution is -0.142. The molecule has 38 heavy (non-hydrogen) atoms. The summed E-state index contributed by atoms with van der Waals surface area (Å²) in [6.07, 6.45) is -0.157. The molecule has 0 atom stereocenters. The van der Waals surface area contributed by atoms with E-state index in [0.717, 1.165) is 20.9 Å². The number of rotatable bonds is 10. The zero-order chi connectivity index (χ0) is 26.9. The third-order valence-electron chi connectivity index (χ3n) is 5.58. The number of hydrogen-bond acceptors (Lipinski definition) is 7. The van der Waals surface area contributed by atoms with Gasteiger partial charge in [-0.25, -0.2) is 9.18 Å². The lowest BCUT2D eigenvalue weighted by Crippen LogP contribution is -2.16. The summed E-state index contributed by atoms with van der Waals surface area (Å²) in [7, 11) is 0. The van der Waals surface area contributed by atoms with Crippen LogP contribution in [0.15, 0.2) is 87.1 Å². The Balaban J connectivity index is 1.35. The van der Waals surface area contributed by atoms with Crippen LogP contribution < -0.4 is 5.32 Å². The van der Waals surface area contributed by atoms with E-state index < -0.39 is 6.09 Å². The van der Waals surface area contributed by atoms with Crippen LogP contribution in [0, 0.1) is 12.7 Å².